The predicted molar refractivity (Wildman–Crippen MR) is 52.5 cm³/mol. The van der Waals surface area contributed by atoms with Gasteiger partial charge in [0.1, 0.15) is 0 Å². The molecule has 0 saturated heterocycles. The summed E-state index contributed by atoms with van der Waals surface area (Å²) in [5.41, 5.74) is 0. The lowest BCUT2D eigenvalue weighted by atomic mass is 10.3. The van der Waals surface area contributed by atoms with Crippen molar-refractivity contribution in [1.82, 2.24) is 0 Å². The van der Waals surface area contributed by atoms with Gasteiger partial charge in [-0.25, -0.2) is 0 Å². The molecule has 0 unspecified atom stereocenters. The smallest absolute Gasteiger partial charge is 0.0166 e. The van der Waals surface area contributed by atoms with E-state index in [0.29, 0.717) is 0 Å². The fourth-order valence-corrected chi connectivity index (χ4v) is 0.641. The number of rotatable bonds is 5. The van der Waals surface area contributed by atoms with Crippen molar-refractivity contribution in [2.45, 2.75) is 19.8 Å². The molecule has 0 aliphatic rings. The van der Waals surface area contributed by atoms with Crippen LogP contribution in [0.4, 0.5) is 0 Å². The summed E-state index contributed by atoms with van der Waals surface area (Å²) in [7, 11) is 0. The summed E-state index contributed by atoms with van der Waals surface area (Å²) in [6, 6.07) is 0. The zero-order valence-corrected chi connectivity index (χ0v) is 7.16. The third-order valence-electron chi connectivity index (χ3n) is 1.17. The molecule has 60 valence electrons. The lowest BCUT2D eigenvalue weighted by molar-refractivity contribution is 1.20. The number of hydrogen-bond acceptors (Lipinski definition) is 0. The highest BCUT2D eigenvalue weighted by molar-refractivity contribution is 5.09. The van der Waals surface area contributed by atoms with Crippen LogP contribution in [-0.4, -0.2) is 0 Å². The van der Waals surface area contributed by atoms with Crippen molar-refractivity contribution < 1.29 is 0 Å². The zero-order chi connectivity index (χ0) is 8.36. The molecule has 0 amide bonds. The molecule has 0 aromatic rings. The summed E-state index contributed by atoms with van der Waals surface area (Å²) < 4.78 is 0. The highest BCUT2D eigenvalue weighted by Gasteiger charge is 1.67. The van der Waals surface area contributed by atoms with Crippen LogP contribution in [0.1, 0.15) is 19.8 Å². The van der Waals surface area contributed by atoms with Gasteiger partial charge in [0.25, 0.3) is 0 Å². The van der Waals surface area contributed by atoms with Crippen LogP contribution in [0, 0.1) is 0 Å². The number of allylic oxidation sites excluding steroid dienone is 7. The number of hydrogen-bond donors (Lipinski definition) is 0. The molecule has 0 bridgehead atoms. The molecule has 0 nitrogen and oxygen atoms in total. The third-order valence-corrected chi connectivity index (χ3v) is 1.17. The van der Waals surface area contributed by atoms with Crippen molar-refractivity contribution in [1.29, 1.82) is 0 Å². The van der Waals surface area contributed by atoms with Crippen LogP contribution in [-0.2, 0) is 0 Å². The summed E-state index contributed by atoms with van der Waals surface area (Å²) in [4.78, 5) is 0. The molecular weight excluding hydrogens is 132 g/mol. The molecule has 0 atom stereocenters. The first-order valence-corrected chi connectivity index (χ1v) is 4.01. The van der Waals surface area contributed by atoms with Gasteiger partial charge in [-0.05, 0) is 12.8 Å². The molecular formula is C11H16. The highest BCUT2D eigenvalue weighted by atomic mass is 13.7. The monoisotopic (exact) mass is 148 g/mol. The molecule has 11 heavy (non-hydrogen) atoms. The first-order valence-electron chi connectivity index (χ1n) is 4.01. The summed E-state index contributed by atoms with van der Waals surface area (Å²) >= 11 is 0. The quantitative estimate of drug-likeness (QED) is 0.412. The van der Waals surface area contributed by atoms with Gasteiger partial charge < -0.3 is 0 Å². The first kappa shape index (κ1) is 9.96. The Morgan fingerprint density at radius 2 is 1.82 bits per heavy atom. The van der Waals surface area contributed by atoms with Crippen LogP contribution >= 0.6 is 0 Å². The average Bonchev–Trinajstić information content (AvgIpc) is 2.03. The van der Waals surface area contributed by atoms with Gasteiger partial charge in [-0.3, -0.25) is 0 Å². The second-order valence-electron chi connectivity index (χ2n) is 2.16. The van der Waals surface area contributed by atoms with E-state index in [-0.39, 0.29) is 0 Å². The van der Waals surface area contributed by atoms with Crippen LogP contribution in [0.5, 0.6) is 0 Å². The molecule has 0 N–H and O–H groups in total. The first-order chi connectivity index (χ1) is 5.41. The molecule has 0 radical (unpaired) electrons. The molecule has 0 spiro atoms. The van der Waals surface area contributed by atoms with Crippen LogP contribution < -0.4 is 0 Å². The Hall–Kier alpha value is -1.04. The van der Waals surface area contributed by atoms with Crippen LogP contribution in [0.25, 0.3) is 0 Å². The Kier molecular flexibility index (Phi) is 8.11. The minimum absolute atomic E-state index is 1.02. The van der Waals surface area contributed by atoms with E-state index in [1.807, 2.05) is 18.2 Å². The maximum Gasteiger partial charge on any atom is -0.0166 e. The molecule has 0 heterocycles. The summed E-state index contributed by atoms with van der Waals surface area (Å²) in [5, 5.41) is 0. The topological polar surface area (TPSA) is 0 Å². The molecule has 0 heteroatoms. The van der Waals surface area contributed by atoms with Gasteiger partial charge in [0.05, 0.1) is 0 Å². The fraction of sp³-hybridized carbons (Fsp3) is 0.273. The van der Waals surface area contributed by atoms with E-state index in [0.717, 1.165) is 12.8 Å². The Balaban J connectivity index is 3.36. The van der Waals surface area contributed by atoms with Gasteiger partial charge in [0.2, 0.25) is 0 Å². The Bertz CT molecular complexity index is 159. The lowest BCUT2D eigenvalue weighted by Crippen LogP contribution is -1.57. The van der Waals surface area contributed by atoms with Crippen molar-refractivity contribution in [2.24, 2.45) is 0 Å². The third kappa shape index (κ3) is 8.96. The maximum atomic E-state index is 3.57. The van der Waals surface area contributed by atoms with E-state index in [9.17, 15) is 0 Å². The Morgan fingerprint density at radius 3 is 2.45 bits per heavy atom. The molecule has 0 rings (SSSR count). The Labute approximate surface area is 69.6 Å². The molecule has 0 saturated carbocycles. The van der Waals surface area contributed by atoms with Crippen LogP contribution in [0.15, 0.2) is 49.1 Å². The minimum Gasteiger partial charge on any atom is -0.0991 e. The lowest BCUT2D eigenvalue weighted by Gasteiger charge is -1.79. The van der Waals surface area contributed by atoms with Gasteiger partial charge in [-0.15, -0.1) is 0 Å². The Morgan fingerprint density at radius 1 is 1.00 bits per heavy atom. The van der Waals surface area contributed by atoms with Crippen molar-refractivity contribution in [3.05, 3.63) is 49.1 Å². The standard InChI is InChI=1S/C11H16/c1-3-5-7-9-11-10-8-6-4-2/h3,5-9,11H,1,4,10H2,2H3/b7-5+,8-6-,11-9-. The van der Waals surface area contributed by atoms with Gasteiger partial charge in [-0.1, -0.05) is 56.0 Å². The predicted octanol–water partition coefficient (Wildman–Crippen LogP) is 3.64. The van der Waals surface area contributed by atoms with Gasteiger partial charge in [0, 0.05) is 0 Å². The second kappa shape index (κ2) is 8.96. The van der Waals surface area contributed by atoms with E-state index in [1.54, 1.807) is 6.08 Å². The highest BCUT2D eigenvalue weighted by Crippen LogP contribution is 1.88. The minimum atomic E-state index is 1.02. The summed E-state index contributed by atoms with van der Waals surface area (Å²) in [5.74, 6) is 0. The molecule has 0 fully saturated rings. The van der Waals surface area contributed by atoms with Crippen molar-refractivity contribution in [3.8, 4) is 0 Å². The van der Waals surface area contributed by atoms with E-state index in [1.165, 1.54) is 0 Å². The van der Waals surface area contributed by atoms with Crippen LogP contribution in [0.2, 0.25) is 0 Å². The second-order valence-corrected chi connectivity index (χ2v) is 2.16. The zero-order valence-electron chi connectivity index (χ0n) is 7.16. The van der Waals surface area contributed by atoms with E-state index < -0.39 is 0 Å². The van der Waals surface area contributed by atoms with Crippen molar-refractivity contribution in [3.63, 3.8) is 0 Å². The van der Waals surface area contributed by atoms with Crippen molar-refractivity contribution >= 4 is 0 Å². The average molecular weight is 148 g/mol. The summed E-state index contributed by atoms with van der Waals surface area (Å²) in [6.07, 6.45) is 16.3. The molecule has 0 aromatic heterocycles. The van der Waals surface area contributed by atoms with E-state index >= 15 is 0 Å². The van der Waals surface area contributed by atoms with Gasteiger partial charge >= 0.3 is 0 Å². The maximum absolute atomic E-state index is 3.57. The van der Waals surface area contributed by atoms with Crippen molar-refractivity contribution in [2.75, 3.05) is 0 Å². The van der Waals surface area contributed by atoms with Gasteiger partial charge in [-0.2, -0.15) is 0 Å². The van der Waals surface area contributed by atoms with Gasteiger partial charge in [0.15, 0.2) is 0 Å². The summed E-state index contributed by atoms with van der Waals surface area (Å²) in [6.45, 7) is 5.71. The largest absolute Gasteiger partial charge is 0.0991 e. The SMILES string of the molecule is C=C/C=C/C=C\C/C=C\CC. The van der Waals surface area contributed by atoms with Crippen LogP contribution in [0.3, 0.4) is 0 Å². The molecule has 0 aliphatic carbocycles. The fourth-order valence-electron chi connectivity index (χ4n) is 0.641. The molecule has 0 aromatic carbocycles. The van der Waals surface area contributed by atoms with E-state index in [4.69, 9.17) is 0 Å². The molecule has 0 aliphatic heterocycles. The van der Waals surface area contributed by atoms with E-state index in [2.05, 4.69) is 31.7 Å². The normalized spacial score (nSPS) is 12.1.